The number of nitrogens with one attached hydrogen (secondary N) is 1. The molecule has 1 atom stereocenters. The van der Waals surface area contributed by atoms with E-state index in [0.717, 1.165) is 25.7 Å². The molecule has 170 valence electrons. The van der Waals surface area contributed by atoms with Gasteiger partial charge in [-0.1, -0.05) is 32.0 Å². The van der Waals surface area contributed by atoms with Crippen LogP contribution in [-0.2, 0) is 4.79 Å². The predicted molar refractivity (Wildman–Crippen MR) is 134 cm³/mol. The molecule has 0 bridgehead atoms. The Morgan fingerprint density at radius 2 is 1.59 bits per heavy atom. The second kappa shape index (κ2) is 8.50. The highest BCUT2D eigenvalue weighted by molar-refractivity contribution is 7.21. The molecule has 4 aromatic rings. The van der Waals surface area contributed by atoms with Gasteiger partial charge in [0.1, 0.15) is 11.0 Å². The van der Waals surface area contributed by atoms with Gasteiger partial charge in [0, 0.05) is 11.3 Å². The summed E-state index contributed by atoms with van der Waals surface area (Å²) in [5, 5.41) is 3.79. The number of amides is 3. The summed E-state index contributed by atoms with van der Waals surface area (Å²) in [5.41, 5.74) is 4.37. The molecule has 1 unspecified atom stereocenters. The fraction of sp³-hybridized carbons (Fsp3) is 0.185. The second-order valence-electron chi connectivity index (χ2n) is 8.77. The van der Waals surface area contributed by atoms with Gasteiger partial charge >= 0.3 is 0 Å². The van der Waals surface area contributed by atoms with Crippen LogP contribution in [0.3, 0.4) is 0 Å². The highest BCUT2D eigenvalue weighted by Gasteiger charge is 2.43. The van der Waals surface area contributed by atoms with Gasteiger partial charge in [0.2, 0.25) is 5.91 Å². The van der Waals surface area contributed by atoms with Crippen LogP contribution in [0.1, 0.15) is 40.1 Å². The minimum atomic E-state index is -0.917. The quantitative estimate of drug-likeness (QED) is 0.390. The summed E-state index contributed by atoms with van der Waals surface area (Å²) in [7, 11) is 0. The van der Waals surface area contributed by atoms with Crippen molar-refractivity contribution in [2.24, 2.45) is 5.92 Å². The van der Waals surface area contributed by atoms with Gasteiger partial charge in [0.05, 0.1) is 21.3 Å². The van der Waals surface area contributed by atoms with Crippen molar-refractivity contribution in [1.29, 1.82) is 0 Å². The van der Waals surface area contributed by atoms with Crippen molar-refractivity contribution < 1.29 is 14.4 Å². The first-order valence-corrected chi connectivity index (χ1v) is 11.9. The lowest BCUT2D eigenvalue weighted by molar-refractivity contribution is -0.121. The molecule has 0 fully saturated rings. The van der Waals surface area contributed by atoms with Crippen molar-refractivity contribution in [1.82, 2.24) is 9.88 Å². The lowest BCUT2D eigenvalue weighted by Gasteiger charge is -2.28. The van der Waals surface area contributed by atoms with Crippen LogP contribution >= 0.6 is 11.3 Å². The lowest BCUT2D eigenvalue weighted by atomic mass is 10.0. The molecule has 0 spiro atoms. The van der Waals surface area contributed by atoms with Crippen molar-refractivity contribution >= 4 is 45.0 Å². The highest BCUT2D eigenvalue weighted by atomic mass is 32.1. The molecule has 0 radical (unpaired) electrons. The molecule has 3 aromatic carbocycles. The number of hydrogen-bond donors (Lipinski definition) is 1. The number of carbonyl (C=O) groups is 3. The van der Waals surface area contributed by atoms with E-state index in [2.05, 4.69) is 18.3 Å². The van der Waals surface area contributed by atoms with E-state index in [4.69, 9.17) is 4.98 Å². The number of aryl methyl sites for hydroxylation is 1. The molecule has 1 aliphatic heterocycles. The van der Waals surface area contributed by atoms with Crippen LogP contribution in [-0.4, -0.2) is 33.6 Å². The molecule has 0 saturated carbocycles. The Balaban J connectivity index is 1.36. The number of benzene rings is 3. The van der Waals surface area contributed by atoms with Gasteiger partial charge in [0.15, 0.2) is 0 Å². The van der Waals surface area contributed by atoms with Gasteiger partial charge in [-0.25, -0.2) is 4.98 Å². The van der Waals surface area contributed by atoms with E-state index in [-0.39, 0.29) is 5.92 Å². The van der Waals surface area contributed by atoms with E-state index in [1.807, 2.05) is 50.2 Å². The highest BCUT2D eigenvalue weighted by Crippen LogP contribution is 2.32. The van der Waals surface area contributed by atoms with E-state index < -0.39 is 23.8 Å². The smallest absolute Gasteiger partial charge is 0.262 e. The molecule has 2 heterocycles. The Kier molecular flexibility index (Phi) is 5.49. The first kappa shape index (κ1) is 22.0. The summed E-state index contributed by atoms with van der Waals surface area (Å²) < 4.78 is 1.13. The second-order valence-corrected chi connectivity index (χ2v) is 9.80. The van der Waals surface area contributed by atoms with Gasteiger partial charge < -0.3 is 5.32 Å². The van der Waals surface area contributed by atoms with Gasteiger partial charge in [0.25, 0.3) is 11.8 Å². The van der Waals surface area contributed by atoms with E-state index in [9.17, 15) is 14.4 Å². The Morgan fingerprint density at radius 1 is 0.941 bits per heavy atom. The third kappa shape index (κ3) is 3.78. The van der Waals surface area contributed by atoms with Crippen molar-refractivity contribution in [3.05, 3.63) is 83.4 Å². The van der Waals surface area contributed by atoms with E-state index >= 15 is 0 Å². The first-order valence-electron chi connectivity index (χ1n) is 11.1. The van der Waals surface area contributed by atoms with E-state index in [1.165, 1.54) is 5.56 Å². The number of carbonyl (C=O) groups excluding carboxylic acids is 3. The zero-order valence-electron chi connectivity index (χ0n) is 19.0. The van der Waals surface area contributed by atoms with Crippen LogP contribution in [0.2, 0.25) is 0 Å². The fourth-order valence-electron chi connectivity index (χ4n) is 4.25. The zero-order chi connectivity index (χ0) is 24.0. The summed E-state index contributed by atoms with van der Waals surface area (Å²) >= 11 is 1.62. The summed E-state index contributed by atoms with van der Waals surface area (Å²) in [6.45, 7) is 5.71. The van der Waals surface area contributed by atoms with Crippen LogP contribution < -0.4 is 5.32 Å². The number of rotatable bonds is 5. The van der Waals surface area contributed by atoms with Gasteiger partial charge in [-0.15, -0.1) is 11.3 Å². The van der Waals surface area contributed by atoms with E-state index in [1.54, 1.807) is 35.6 Å². The Bertz CT molecular complexity index is 1400. The molecule has 7 heteroatoms. The van der Waals surface area contributed by atoms with Crippen molar-refractivity contribution in [3.63, 3.8) is 0 Å². The van der Waals surface area contributed by atoms with Crippen LogP contribution in [0.5, 0.6) is 0 Å². The molecule has 3 amide bonds. The normalized spacial score (nSPS) is 14.1. The Morgan fingerprint density at radius 3 is 2.21 bits per heavy atom. The molecule has 0 aliphatic carbocycles. The molecule has 1 N–H and O–H groups in total. The number of anilines is 1. The average Bonchev–Trinajstić information content (AvgIpc) is 3.34. The predicted octanol–water partition coefficient (Wildman–Crippen LogP) is 5.53. The number of nitrogens with zero attached hydrogens (tertiary/aromatic N) is 2. The molecular formula is C27H23N3O3S. The van der Waals surface area contributed by atoms with Crippen molar-refractivity contribution in [2.45, 2.75) is 26.8 Å². The maximum Gasteiger partial charge on any atom is 0.262 e. The summed E-state index contributed by atoms with van der Waals surface area (Å²) in [6.07, 6.45) is 0. The van der Waals surface area contributed by atoms with Crippen LogP contribution in [0.15, 0.2) is 66.7 Å². The van der Waals surface area contributed by atoms with Gasteiger partial charge in [-0.3, -0.25) is 19.3 Å². The SMILES string of the molecule is Cc1ccc2nc(-c3ccc(NC(=O)C(C(C)C)N4C(=O)c5ccccc5C4=O)cc3)sc2c1. The van der Waals surface area contributed by atoms with Crippen LogP contribution in [0.25, 0.3) is 20.8 Å². The summed E-state index contributed by atoms with van der Waals surface area (Å²) in [4.78, 5) is 44.9. The molecule has 1 aliphatic rings. The number of fused-ring (bicyclic) bond motifs is 2. The minimum absolute atomic E-state index is 0.257. The summed E-state index contributed by atoms with van der Waals surface area (Å²) in [6, 6.07) is 19.4. The number of hydrogen-bond acceptors (Lipinski definition) is 5. The van der Waals surface area contributed by atoms with Crippen LogP contribution in [0.4, 0.5) is 5.69 Å². The standard InChI is InChI=1S/C27H23N3O3S/c1-15(2)23(30-26(32)19-6-4-5-7-20(19)27(30)33)24(31)28-18-11-9-17(10-12-18)25-29-21-13-8-16(3)14-22(21)34-25/h4-15,23H,1-3H3,(H,28,31). The van der Waals surface area contributed by atoms with Gasteiger partial charge in [-0.05, 0) is 66.9 Å². The maximum atomic E-state index is 13.2. The average molecular weight is 470 g/mol. The molecular weight excluding hydrogens is 446 g/mol. The van der Waals surface area contributed by atoms with Crippen molar-refractivity contribution in [2.75, 3.05) is 5.32 Å². The molecule has 1 aromatic heterocycles. The number of thiazole rings is 1. The zero-order valence-corrected chi connectivity index (χ0v) is 19.8. The first-order chi connectivity index (χ1) is 16.3. The largest absolute Gasteiger partial charge is 0.324 e. The molecule has 0 saturated heterocycles. The minimum Gasteiger partial charge on any atom is -0.324 e. The molecule has 34 heavy (non-hydrogen) atoms. The fourth-order valence-corrected chi connectivity index (χ4v) is 5.32. The van der Waals surface area contributed by atoms with E-state index in [0.29, 0.717) is 16.8 Å². The lowest BCUT2D eigenvalue weighted by Crippen LogP contribution is -2.50. The topological polar surface area (TPSA) is 79.4 Å². The number of imide groups is 1. The Labute approximate surface area is 201 Å². The third-order valence-corrected chi connectivity index (χ3v) is 7.01. The molecule has 6 nitrogen and oxygen atoms in total. The summed E-state index contributed by atoms with van der Waals surface area (Å²) in [5.74, 6) is -1.52. The van der Waals surface area contributed by atoms with Crippen LogP contribution in [0, 0.1) is 12.8 Å². The van der Waals surface area contributed by atoms with Crippen molar-refractivity contribution in [3.8, 4) is 10.6 Å². The van der Waals surface area contributed by atoms with Gasteiger partial charge in [-0.2, -0.15) is 0 Å². The maximum absolute atomic E-state index is 13.2. The number of aromatic nitrogens is 1. The Hall–Kier alpha value is -3.84. The third-order valence-electron chi connectivity index (χ3n) is 5.95. The molecule has 5 rings (SSSR count). The monoisotopic (exact) mass is 469 g/mol.